The number of piperazine rings is 1. The van der Waals surface area contributed by atoms with Crippen LogP contribution in [0.4, 0.5) is 0 Å². The quantitative estimate of drug-likeness (QED) is 0.728. The average molecular weight is 394 g/mol. The number of rotatable bonds is 8. The van der Waals surface area contributed by atoms with Crippen molar-refractivity contribution >= 4 is 11.8 Å². The topological polar surface area (TPSA) is 88.5 Å². The molecule has 0 spiro atoms. The molecule has 0 saturated carbocycles. The first-order valence-electron chi connectivity index (χ1n) is 9.52. The highest BCUT2D eigenvalue weighted by Crippen LogP contribution is 2.38. The van der Waals surface area contributed by atoms with Crippen LogP contribution in [0, 0.1) is 11.8 Å². The lowest BCUT2D eigenvalue weighted by molar-refractivity contribution is -0.297. The Kier molecular flexibility index (Phi) is 6.90. The smallest absolute Gasteiger partial charge is 0.303 e. The number of aliphatic hydroxyl groups is 1. The van der Waals surface area contributed by atoms with Crippen molar-refractivity contribution in [1.82, 2.24) is 10.1 Å². The molecule has 4 atom stereocenters. The van der Waals surface area contributed by atoms with Gasteiger partial charge in [0.25, 0.3) is 11.6 Å². The predicted molar refractivity (Wildman–Crippen MR) is 102 cm³/mol. The number of para-hydroxylation sites is 2. The summed E-state index contributed by atoms with van der Waals surface area (Å²) < 4.78 is 5.28. The predicted octanol–water partition coefficient (Wildman–Crippen LogP) is 2.37. The normalized spacial score (nSPS) is 24.9. The number of amides is 2. The van der Waals surface area contributed by atoms with E-state index in [1.165, 1.54) is 14.2 Å². The summed E-state index contributed by atoms with van der Waals surface area (Å²) in [6.07, 6.45) is 1.07. The Hall–Kier alpha value is -2.32. The highest BCUT2D eigenvalue weighted by atomic mass is 16.7. The summed E-state index contributed by atoms with van der Waals surface area (Å²) in [5.74, 6) is -1.49. The lowest BCUT2D eigenvalue weighted by Crippen LogP contribution is -2.75. The molecule has 0 bridgehead atoms. The summed E-state index contributed by atoms with van der Waals surface area (Å²) in [5, 5.41) is 13.2. The van der Waals surface area contributed by atoms with Crippen molar-refractivity contribution in [2.24, 2.45) is 11.8 Å². The van der Waals surface area contributed by atoms with Crippen molar-refractivity contribution in [2.45, 2.75) is 52.3 Å². The van der Waals surface area contributed by atoms with Gasteiger partial charge in [0.15, 0.2) is 11.5 Å². The summed E-state index contributed by atoms with van der Waals surface area (Å²) >= 11 is 0. The van der Waals surface area contributed by atoms with Gasteiger partial charge in [-0.1, -0.05) is 46.2 Å². The summed E-state index contributed by atoms with van der Waals surface area (Å²) in [4.78, 5) is 37.7. The van der Waals surface area contributed by atoms with E-state index in [0.717, 1.165) is 10.1 Å². The van der Waals surface area contributed by atoms with E-state index in [1.807, 2.05) is 20.8 Å². The van der Waals surface area contributed by atoms with Gasteiger partial charge >= 0.3 is 5.91 Å². The molecule has 1 aliphatic heterocycles. The number of methoxy groups -OCH3 is 1. The van der Waals surface area contributed by atoms with E-state index in [2.05, 4.69) is 0 Å². The molecule has 1 heterocycles. The highest BCUT2D eigenvalue weighted by Gasteiger charge is 2.61. The first-order valence-corrected chi connectivity index (χ1v) is 9.52. The minimum Gasteiger partial charge on any atom is -0.493 e. The second-order valence-electron chi connectivity index (χ2n) is 7.05. The largest absolute Gasteiger partial charge is 0.493 e. The molecule has 1 N–H and O–H groups in total. The minimum absolute atomic E-state index is 0.207. The number of hydrogen-bond donors (Lipinski definition) is 1. The lowest BCUT2D eigenvalue weighted by Gasteiger charge is -2.49. The Morgan fingerprint density at radius 1 is 1.11 bits per heavy atom. The molecule has 1 saturated heterocycles. The van der Waals surface area contributed by atoms with Gasteiger partial charge in [0.1, 0.15) is 6.04 Å². The van der Waals surface area contributed by atoms with Crippen LogP contribution in [-0.4, -0.2) is 53.0 Å². The van der Waals surface area contributed by atoms with Gasteiger partial charge in [0.2, 0.25) is 0 Å². The molecular weight excluding hydrogens is 364 g/mol. The molecule has 1 aromatic rings. The summed E-state index contributed by atoms with van der Waals surface area (Å²) in [6.45, 7) is 7.26. The summed E-state index contributed by atoms with van der Waals surface area (Å²) in [5.41, 5.74) is -2.22. The minimum atomic E-state index is -2.22. The molecule has 0 aliphatic carbocycles. The van der Waals surface area contributed by atoms with Crippen LogP contribution in [-0.2, 0) is 14.4 Å². The fourth-order valence-electron chi connectivity index (χ4n) is 3.26. The zero-order valence-corrected chi connectivity index (χ0v) is 17.3. The molecule has 2 rings (SSSR count). The van der Waals surface area contributed by atoms with Gasteiger partial charge in [-0.2, -0.15) is 0 Å². The second kappa shape index (κ2) is 8.79. The fourth-order valence-corrected chi connectivity index (χ4v) is 3.26. The number of carbonyl (C=O) groups is 2. The molecule has 0 aromatic heterocycles. The highest BCUT2D eigenvalue weighted by molar-refractivity contribution is 5.98. The SMILES string of the molecule is CC[C@H](C)C1C(=O)N(Oc2ccccc2OC)C(O)([C@@H](C)CC)C(=O)N1OC. The third-order valence-electron chi connectivity index (χ3n) is 5.47. The number of benzene rings is 1. The Balaban J connectivity index is 2.58. The summed E-state index contributed by atoms with van der Waals surface area (Å²) in [6, 6.07) is 5.83. The van der Waals surface area contributed by atoms with Crippen LogP contribution >= 0.6 is 0 Å². The van der Waals surface area contributed by atoms with E-state index < -0.39 is 29.5 Å². The van der Waals surface area contributed by atoms with Crippen LogP contribution in [0.25, 0.3) is 0 Å². The summed E-state index contributed by atoms with van der Waals surface area (Å²) in [7, 11) is 2.79. The second-order valence-corrected chi connectivity index (χ2v) is 7.05. The molecule has 1 aliphatic rings. The first kappa shape index (κ1) is 22.0. The van der Waals surface area contributed by atoms with Gasteiger partial charge < -0.3 is 14.7 Å². The molecule has 156 valence electrons. The Labute approximate surface area is 165 Å². The Bertz CT molecular complexity index is 712. The number of ether oxygens (including phenoxy) is 1. The standard InChI is InChI=1S/C20H30N2O6/c1-7-13(3)17-18(23)22(28-16-12-10-9-11-15(16)26-5)20(25,14(4)8-2)19(24)21(17)27-6/h9-14,17,25H,7-8H2,1-6H3/t13-,14-,17?,20?/m0/s1. The molecule has 1 aromatic carbocycles. The van der Waals surface area contributed by atoms with E-state index in [4.69, 9.17) is 14.4 Å². The van der Waals surface area contributed by atoms with Gasteiger partial charge in [-0.25, -0.2) is 5.06 Å². The van der Waals surface area contributed by atoms with E-state index in [9.17, 15) is 14.7 Å². The van der Waals surface area contributed by atoms with E-state index in [1.54, 1.807) is 31.2 Å². The molecule has 0 radical (unpaired) electrons. The third-order valence-corrected chi connectivity index (χ3v) is 5.47. The van der Waals surface area contributed by atoms with E-state index in [-0.39, 0.29) is 11.7 Å². The molecule has 8 heteroatoms. The molecule has 2 unspecified atom stereocenters. The monoisotopic (exact) mass is 394 g/mol. The molecule has 1 fully saturated rings. The van der Waals surface area contributed by atoms with Gasteiger partial charge in [-0.05, 0) is 24.5 Å². The van der Waals surface area contributed by atoms with Crippen molar-refractivity contribution in [3.8, 4) is 11.5 Å². The van der Waals surface area contributed by atoms with Crippen molar-refractivity contribution < 1.29 is 29.1 Å². The van der Waals surface area contributed by atoms with Crippen LogP contribution in [0.5, 0.6) is 11.5 Å². The number of hydrogen-bond acceptors (Lipinski definition) is 6. The zero-order valence-electron chi connectivity index (χ0n) is 17.3. The molecule has 2 amide bonds. The van der Waals surface area contributed by atoms with E-state index >= 15 is 0 Å². The van der Waals surface area contributed by atoms with Crippen LogP contribution < -0.4 is 9.57 Å². The third kappa shape index (κ3) is 3.54. The van der Waals surface area contributed by atoms with Crippen molar-refractivity contribution in [2.75, 3.05) is 14.2 Å². The first-order chi connectivity index (χ1) is 13.3. The maximum absolute atomic E-state index is 13.4. The number of carbonyl (C=O) groups excluding carboxylic acids is 2. The van der Waals surface area contributed by atoms with Gasteiger partial charge in [-0.3, -0.25) is 14.4 Å². The van der Waals surface area contributed by atoms with Crippen LogP contribution in [0.1, 0.15) is 40.5 Å². The van der Waals surface area contributed by atoms with Gasteiger partial charge in [0, 0.05) is 5.92 Å². The Morgan fingerprint density at radius 3 is 2.21 bits per heavy atom. The van der Waals surface area contributed by atoms with Gasteiger partial charge in [-0.15, -0.1) is 5.06 Å². The van der Waals surface area contributed by atoms with Crippen LogP contribution in [0.3, 0.4) is 0 Å². The average Bonchev–Trinajstić information content (AvgIpc) is 2.72. The van der Waals surface area contributed by atoms with Gasteiger partial charge in [0.05, 0.1) is 14.2 Å². The number of nitrogens with zero attached hydrogens (tertiary/aromatic N) is 2. The van der Waals surface area contributed by atoms with Crippen molar-refractivity contribution in [3.05, 3.63) is 24.3 Å². The fraction of sp³-hybridized carbons (Fsp3) is 0.600. The zero-order chi connectivity index (χ0) is 21.1. The van der Waals surface area contributed by atoms with Crippen LogP contribution in [0.15, 0.2) is 24.3 Å². The molecule has 28 heavy (non-hydrogen) atoms. The van der Waals surface area contributed by atoms with Crippen LogP contribution in [0.2, 0.25) is 0 Å². The maximum atomic E-state index is 13.4. The number of hydroxylamine groups is 4. The maximum Gasteiger partial charge on any atom is 0.303 e. The van der Waals surface area contributed by atoms with Crippen molar-refractivity contribution in [3.63, 3.8) is 0 Å². The molecular formula is C20H30N2O6. The molecule has 8 nitrogen and oxygen atoms in total. The lowest BCUT2D eigenvalue weighted by atomic mass is 9.87. The van der Waals surface area contributed by atoms with E-state index in [0.29, 0.717) is 18.6 Å². The van der Waals surface area contributed by atoms with Crippen molar-refractivity contribution in [1.29, 1.82) is 0 Å². The Morgan fingerprint density at radius 2 is 1.71 bits per heavy atom.